The van der Waals surface area contributed by atoms with Gasteiger partial charge in [-0.25, -0.2) is 0 Å². The molecule has 3 N–H and O–H groups in total. The number of carbonyl (C=O) groups is 1. The zero-order chi connectivity index (χ0) is 12.3. The Morgan fingerprint density at radius 3 is 2.76 bits per heavy atom. The lowest BCUT2D eigenvalue weighted by molar-refractivity contribution is -0.125. The Bertz CT molecular complexity index is 277. The van der Waals surface area contributed by atoms with Gasteiger partial charge in [-0.1, -0.05) is 6.42 Å². The monoisotopic (exact) mass is 240 g/mol. The van der Waals surface area contributed by atoms with E-state index in [2.05, 4.69) is 5.32 Å². The summed E-state index contributed by atoms with van der Waals surface area (Å²) in [4.78, 5) is 12.0. The summed E-state index contributed by atoms with van der Waals surface area (Å²) in [5, 5.41) is 3.09. The van der Waals surface area contributed by atoms with Crippen LogP contribution in [0.4, 0.5) is 0 Å². The second-order valence-electron chi connectivity index (χ2n) is 5.66. The minimum atomic E-state index is 0.0493. The van der Waals surface area contributed by atoms with Crippen molar-refractivity contribution in [2.45, 2.75) is 44.6 Å². The van der Waals surface area contributed by atoms with Gasteiger partial charge in [0.25, 0.3) is 0 Å². The van der Waals surface area contributed by atoms with Crippen LogP contribution >= 0.6 is 0 Å². The summed E-state index contributed by atoms with van der Waals surface area (Å²) in [5.74, 6) is 0.215. The normalized spacial score (nSPS) is 30.2. The van der Waals surface area contributed by atoms with Crippen LogP contribution in [0.3, 0.4) is 0 Å². The van der Waals surface area contributed by atoms with Crippen molar-refractivity contribution in [3.8, 4) is 0 Å². The highest BCUT2D eigenvalue weighted by Gasteiger charge is 2.42. The highest BCUT2D eigenvalue weighted by Crippen LogP contribution is 2.48. The van der Waals surface area contributed by atoms with Crippen LogP contribution < -0.4 is 11.1 Å². The van der Waals surface area contributed by atoms with Crippen molar-refractivity contribution >= 4 is 5.91 Å². The Morgan fingerprint density at radius 1 is 1.47 bits per heavy atom. The average molecular weight is 240 g/mol. The SMILES string of the molecule is COCCC1(CNC(=O)C2CCCC2N)CC1. The van der Waals surface area contributed by atoms with Crippen LogP contribution in [0.2, 0.25) is 0 Å². The summed E-state index contributed by atoms with van der Waals surface area (Å²) in [5.41, 5.74) is 6.26. The van der Waals surface area contributed by atoms with Gasteiger partial charge in [0.15, 0.2) is 0 Å². The lowest BCUT2D eigenvalue weighted by atomic mass is 10.0. The predicted octanol–water partition coefficient (Wildman–Crippen LogP) is 1.05. The molecule has 0 aliphatic heterocycles. The lowest BCUT2D eigenvalue weighted by Crippen LogP contribution is -2.41. The molecule has 0 spiro atoms. The van der Waals surface area contributed by atoms with E-state index in [0.717, 1.165) is 38.8 Å². The molecule has 0 aromatic heterocycles. The predicted molar refractivity (Wildman–Crippen MR) is 66.5 cm³/mol. The third-order valence-corrected chi connectivity index (χ3v) is 4.34. The molecule has 0 bridgehead atoms. The molecule has 2 rings (SSSR count). The second kappa shape index (κ2) is 5.36. The van der Waals surface area contributed by atoms with E-state index >= 15 is 0 Å². The molecule has 0 saturated heterocycles. The zero-order valence-corrected chi connectivity index (χ0v) is 10.7. The topological polar surface area (TPSA) is 64.3 Å². The van der Waals surface area contributed by atoms with Crippen LogP contribution in [0.5, 0.6) is 0 Å². The molecule has 0 radical (unpaired) electrons. The number of nitrogens with one attached hydrogen (secondary N) is 1. The van der Waals surface area contributed by atoms with Gasteiger partial charge in [0.1, 0.15) is 0 Å². The van der Waals surface area contributed by atoms with Gasteiger partial charge >= 0.3 is 0 Å². The number of ether oxygens (including phenoxy) is 1. The van der Waals surface area contributed by atoms with E-state index < -0.39 is 0 Å². The number of nitrogens with two attached hydrogens (primary N) is 1. The fourth-order valence-electron chi connectivity index (χ4n) is 2.73. The van der Waals surface area contributed by atoms with Gasteiger partial charge in [-0.3, -0.25) is 4.79 Å². The Labute approximate surface area is 103 Å². The van der Waals surface area contributed by atoms with Gasteiger partial charge in [-0.2, -0.15) is 0 Å². The second-order valence-corrected chi connectivity index (χ2v) is 5.66. The molecule has 2 atom stereocenters. The van der Waals surface area contributed by atoms with Crippen molar-refractivity contribution in [3.05, 3.63) is 0 Å². The highest BCUT2D eigenvalue weighted by molar-refractivity contribution is 5.79. The van der Waals surface area contributed by atoms with E-state index in [-0.39, 0.29) is 17.9 Å². The van der Waals surface area contributed by atoms with Crippen LogP contribution in [0.1, 0.15) is 38.5 Å². The Morgan fingerprint density at radius 2 is 2.24 bits per heavy atom. The smallest absolute Gasteiger partial charge is 0.224 e. The molecule has 4 heteroatoms. The van der Waals surface area contributed by atoms with E-state index in [1.807, 2.05) is 0 Å². The number of rotatable bonds is 6. The molecule has 2 fully saturated rings. The van der Waals surface area contributed by atoms with Crippen LogP contribution in [0, 0.1) is 11.3 Å². The number of methoxy groups -OCH3 is 1. The molecule has 0 aromatic rings. The summed E-state index contributed by atoms with van der Waals surface area (Å²) in [6.45, 7) is 1.59. The summed E-state index contributed by atoms with van der Waals surface area (Å²) in [7, 11) is 1.73. The molecule has 0 heterocycles. The first-order valence-corrected chi connectivity index (χ1v) is 6.69. The van der Waals surface area contributed by atoms with Gasteiger partial charge in [0.2, 0.25) is 5.91 Å². The van der Waals surface area contributed by atoms with E-state index in [1.165, 1.54) is 12.8 Å². The quantitative estimate of drug-likeness (QED) is 0.729. The molecular weight excluding hydrogens is 216 g/mol. The highest BCUT2D eigenvalue weighted by atomic mass is 16.5. The first-order chi connectivity index (χ1) is 8.17. The third-order valence-electron chi connectivity index (χ3n) is 4.34. The molecular formula is C13H24N2O2. The minimum absolute atomic E-state index is 0.0493. The van der Waals surface area contributed by atoms with Gasteiger partial charge < -0.3 is 15.8 Å². The van der Waals surface area contributed by atoms with Gasteiger partial charge in [-0.05, 0) is 37.5 Å². The van der Waals surface area contributed by atoms with Crippen molar-refractivity contribution in [3.63, 3.8) is 0 Å². The van der Waals surface area contributed by atoms with E-state index in [0.29, 0.717) is 5.41 Å². The summed E-state index contributed by atoms with van der Waals surface area (Å²) >= 11 is 0. The molecule has 2 aliphatic carbocycles. The van der Waals surface area contributed by atoms with Crippen molar-refractivity contribution in [1.82, 2.24) is 5.32 Å². The van der Waals surface area contributed by atoms with Crippen LogP contribution in [-0.2, 0) is 9.53 Å². The largest absolute Gasteiger partial charge is 0.385 e. The molecule has 1 amide bonds. The average Bonchev–Trinajstić information content (AvgIpc) is 2.98. The Kier molecular flexibility index (Phi) is 4.05. The van der Waals surface area contributed by atoms with E-state index in [9.17, 15) is 4.79 Å². The van der Waals surface area contributed by atoms with Crippen LogP contribution in [-0.4, -0.2) is 32.2 Å². The summed E-state index contributed by atoms with van der Waals surface area (Å²) in [6.07, 6.45) is 6.53. The fraction of sp³-hybridized carbons (Fsp3) is 0.923. The Hall–Kier alpha value is -0.610. The molecule has 17 heavy (non-hydrogen) atoms. The Balaban J connectivity index is 1.72. The first-order valence-electron chi connectivity index (χ1n) is 6.69. The number of hydrogen-bond acceptors (Lipinski definition) is 3. The van der Waals surface area contributed by atoms with E-state index in [1.54, 1.807) is 7.11 Å². The summed E-state index contributed by atoms with van der Waals surface area (Å²) < 4.78 is 5.11. The molecule has 4 nitrogen and oxygen atoms in total. The maximum atomic E-state index is 12.0. The molecule has 2 aliphatic rings. The van der Waals surface area contributed by atoms with E-state index in [4.69, 9.17) is 10.5 Å². The van der Waals surface area contributed by atoms with Crippen molar-refractivity contribution in [2.24, 2.45) is 17.1 Å². The zero-order valence-electron chi connectivity index (χ0n) is 10.7. The number of hydrogen-bond donors (Lipinski definition) is 2. The molecule has 0 aromatic carbocycles. The van der Waals surface area contributed by atoms with Crippen molar-refractivity contribution in [1.29, 1.82) is 0 Å². The number of carbonyl (C=O) groups excluding carboxylic acids is 1. The van der Waals surface area contributed by atoms with Gasteiger partial charge in [-0.15, -0.1) is 0 Å². The third kappa shape index (κ3) is 3.19. The first kappa shape index (κ1) is 12.8. The lowest BCUT2D eigenvalue weighted by Gasteiger charge is -2.19. The van der Waals surface area contributed by atoms with Crippen molar-refractivity contribution in [2.75, 3.05) is 20.3 Å². The number of amides is 1. The van der Waals surface area contributed by atoms with Gasteiger partial charge in [0.05, 0.1) is 5.92 Å². The maximum absolute atomic E-state index is 12.0. The minimum Gasteiger partial charge on any atom is -0.385 e. The van der Waals surface area contributed by atoms with Crippen LogP contribution in [0.15, 0.2) is 0 Å². The molecule has 98 valence electrons. The fourth-order valence-corrected chi connectivity index (χ4v) is 2.73. The standard InChI is InChI=1S/C13H24N2O2/c1-17-8-7-13(5-6-13)9-15-12(16)10-3-2-4-11(10)14/h10-11H,2-9,14H2,1H3,(H,15,16). The molecule has 2 unspecified atom stereocenters. The van der Waals surface area contributed by atoms with Crippen LogP contribution in [0.25, 0.3) is 0 Å². The molecule has 2 saturated carbocycles. The maximum Gasteiger partial charge on any atom is 0.224 e. The van der Waals surface area contributed by atoms with Crippen molar-refractivity contribution < 1.29 is 9.53 Å². The summed E-state index contributed by atoms with van der Waals surface area (Å²) in [6, 6.07) is 0.0733. The van der Waals surface area contributed by atoms with Gasteiger partial charge in [0, 0.05) is 26.3 Å².